The first kappa shape index (κ1) is 11.2. The van der Waals surface area contributed by atoms with Crippen LogP contribution in [0.25, 0.3) is 0 Å². The maximum absolute atomic E-state index is 12.2. The van der Waals surface area contributed by atoms with E-state index in [4.69, 9.17) is 0 Å². The Hall–Kier alpha value is -0.900. The van der Waals surface area contributed by atoms with E-state index < -0.39 is 12.8 Å². The molecule has 1 heterocycles. The fourth-order valence-electron chi connectivity index (χ4n) is 1.69. The second-order valence-corrected chi connectivity index (χ2v) is 3.42. The molecule has 0 amide bonds. The van der Waals surface area contributed by atoms with Crippen LogP contribution in [0.5, 0.6) is 0 Å². The summed E-state index contributed by atoms with van der Waals surface area (Å²) in [6.07, 6.45) is 0.173. The van der Waals surface area contributed by atoms with Crippen molar-refractivity contribution < 1.29 is 9.50 Å². The number of aliphatic hydroxyl groups excluding tert-OH is 1. The average molecular weight is 200 g/mol. The normalized spacial score (nSPS) is 13.2. The highest BCUT2D eigenvalue weighted by molar-refractivity contribution is 5.26. The monoisotopic (exact) mass is 200 g/mol. The number of halogens is 1. The van der Waals surface area contributed by atoms with Crippen molar-refractivity contribution in [2.45, 2.75) is 39.8 Å². The molecule has 0 saturated heterocycles. The standard InChI is InChI=1S/C10H17FN2O/c1-4-9(14)10-7(2)12-13(6-5-11)8(10)3/h9,14H,4-6H2,1-3H3. The molecule has 0 radical (unpaired) electrons. The summed E-state index contributed by atoms with van der Waals surface area (Å²) in [6, 6.07) is 0. The lowest BCUT2D eigenvalue weighted by Gasteiger charge is -2.08. The summed E-state index contributed by atoms with van der Waals surface area (Å²) in [5, 5.41) is 13.9. The first-order chi connectivity index (χ1) is 6.61. The second kappa shape index (κ2) is 4.55. The van der Waals surface area contributed by atoms with Gasteiger partial charge in [0.15, 0.2) is 0 Å². The maximum atomic E-state index is 12.2. The number of aromatic nitrogens is 2. The average Bonchev–Trinajstić information content (AvgIpc) is 2.42. The number of nitrogens with zero attached hydrogens (tertiary/aromatic N) is 2. The molecule has 0 fully saturated rings. The van der Waals surface area contributed by atoms with Gasteiger partial charge in [-0.3, -0.25) is 4.68 Å². The fourth-order valence-corrected chi connectivity index (χ4v) is 1.69. The molecule has 1 atom stereocenters. The lowest BCUT2D eigenvalue weighted by Crippen LogP contribution is -2.05. The van der Waals surface area contributed by atoms with Crippen molar-refractivity contribution in [2.75, 3.05) is 6.67 Å². The minimum Gasteiger partial charge on any atom is -0.388 e. The van der Waals surface area contributed by atoms with Gasteiger partial charge in [-0.15, -0.1) is 0 Å². The highest BCUT2D eigenvalue weighted by Gasteiger charge is 2.17. The van der Waals surface area contributed by atoms with Crippen LogP contribution < -0.4 is 0 Å². The van der Waals surface area contributed by atoms with Gasteiger partial charge in [0.2, 0.25) is 0 Å². The Labute approximate surface area is 83.6 Å². The van der Waals surface area contributed by atoms with Crippen LogP contribution in [-0.2, 0) is 6.54 Å². The summed E-state index contributed by atoms with van der Waals surface area (Å²) < 4.78 is 13.8. The molecule has 0 bridgehead atoms. The van der Waals surface area contributed by atoms with E-state index in [1.54, 1.807) is 4.68 Å². The van der Waals surface area contributed by atoms with Gasteiger partial charge in [-0.05, 0) is 20.3 Å². The van der Waals surface area contributed by atoms with Crippen molar-refractivity contribution in [3.05, 3.63) is 17.0 Å². The number of alkyl halides is 1. The molecule has 1 N–H and O–H groups in total. The van der Waals surface area contributed by atoms with Crippen molar-refractivity contribution in [1.29, 1.82) is 0 Å². The van der Waals surface area contributed by atoms with E-state index in [-0.39, 0.29) is 6.54 Å². The van der Waals surface area contributed by atoms with Gasteiger partial charge in [-0.1, -0.05) is 6.92 Å². The summed E-state index contributed by atoms with van der Waals surface area (Å²) >= 11 is 0. The third kappa shape index (κ3) is 1.95. The minimum atomic E-state index is -0.483. The molecule has 0 spiro atoms. The quantitative estimate of drug-likeness (QED) is 0.806. The molecule has 0 aliphatic heterocycles. The van der Waals surface area contributed by atoms with E-state index in [2.05, 4.69) is 5.10 Å². The molecular weight excluding hydrogens is 183 g/mol. The molecule has 1 rings (SSSR count). The lowest BCUT2D eigenvalue weighted by atomic mass is 10.1. The molecule has 1 aromatic heterocycles. The largest absolute Gasteiger partial charge is 0.388 e. The van der Waals surface area contributed by atoms with Crippen LogP contribution >= 0.6 is 0 Å². The Morgan fingerprint density at radius 2 is 2.14 bits per heavy atom. The highest BCUT2D eigenvalue weighted by Crippen LogP contribution is 2.23. The van der Waals surface area contributed by atoms with Crippen LogP contribution in [0.15, 0.2) is 0 Å². The number of hydrogen-bond donors (Lipinski definition) is 1. The molecule has 0 aliphatic rings. The van der Waals surface area contributed by atoms with Crippen LogP contribution in [0.2, 0.25) is 0 Å². The summed E-state index contributed by atoms with van der Waals surface area (Å²) in [5.74, 6) is 0. The van der Waals surface area contributed by atoms with Crippen LogP contribution in [0.4, 0.5) is 4.39 Å². The summed E-state index contributed by atoms with van der Waals surface area (Å²) in [5.41, 5.74) is 2.51. The van der Waals surface area contributed by atoms with Crippen molar-refractivity contribution in [1.82, 2.24) is 9.78 Å². The van der Waals surface area contributed by atoms with Gasteiger partial charge in [0.05, 0.1) is 18.3 Å². The van der Waals surface area contributed by atoms with E-state index in [9.17, 15) is 9.50 Å². The lowest BCUT2D eigenvalue weighted by molar-refractivity contribution is 0.172. The Kier molecular flexibility index (Phi) is 3.63. The second-order valence-electron chi connectivity index (χ2n) is 3.42. The highest BCUT2D eigenvalue weighted by atomic mass is 19.1. The Morgan fingerprint density at radius 1 is 1.50 bits per heavy atom. The molecule has 3 nitrogen and oxygen atoms in total. The first-order valence-electron chi connectivity index (χ1n) is 4.89. The van der Waals surface area contributed by atoms with E-state index in [0.29, 0.717) is 6.42 Å². The molecule has 4 heteroatoms. The Morgan fingerprint density at radius 3 is 2.64 bits per heavy atom. The van der Waals surface area contributed by atoms with E-state index >= 15 is 0 Å². The molecular formula is C10H17FN2O. The zero-order chi connectivity index (χ0) is 10.7. The van der Waals surface area contributed by atoms with Gasteiger partial charge in [0.25, 0.3) is 0 Å². The Balaban J connectivity index is 3.04. The van der Waals surface area contributed by atoms with Crippen molar-refractivity contribution >= 4 is 0 Å². The molecule has 1 unspecified atom stereocenters. The van der Waals surface area contributed by atoms with Gasteiger partial charge >= 0.3 is 0 Å². The Bertz CT molecular complexity index is 309. The van der Waals surface area contributed by atoms with E-state index in [1.165, 1.54) is 0 Å². The van der Waals surface area contributed by atoms with Gasteiger partial charge in [-0.25, -0.2) is 4.39 Å². The fraction of sp³-hybridized carbons (Fsp3) is 0.700. The van der Waals surface area contributed by atoms with Crippen LogP contribution in [0, 0.1) is 13.8 Å². The molecule has 80 valence electrons. The first-order valence-corrected chi connectivity index (χ1v) is 4.89. The predicted molar refractivity (Wildman–Crippen MR) is 52.9 cm³/mol. The molecule has 14 heavy (non-hydrogen) atoms. The van der Waals surface area contributed by atoms with Crippen molar-refractivity contribution in [3.8, 4) is 0 Å². The van der Waals surface area contributed by atoms with Crippen LogP contribution in [0.3, 0.4) is 0 Å². The topological polar surface area (TPSA) is 38.1 Å². The zero-order valence-electron chi connectivity index (χ0n) is 8.92. The van der Waals surface area contributed by atoms with E-state index in [1.807, 2.05) is 20.8 Å². The summed E-state index contributed by atoms with van der Waals surface area (Å²) in [7, 11) is 0. The van der Waals surface area contributed by atoms with Crippen molar-refractivity contribution in [3.63, 3.8) is 0 Å². The predicted octanol–water partition coefficient (Wildman–Crippen LogP) is 1.91. The minimum absolute atomic E-state index is 0.267. The third-order valence-corrected chi connectivity index (χ3v) is 2.45. The van der Waals surface area contributed by atoms with Gasteiger partial charge < -0.3 is 5.11 Å². The molecule has 1 aromatic rings. The number of aryl methyl sites for hydroxylation is 2. The van der Waals surface area contributed by atoms with E-state index in [0.717, 1.165) is 17.0 Å². The number of aliphatic hydroxyl groups is 1. The SMILES string of the molecule is CCC(O)c1c(C)nn(CCF)c1C. The van der Waals surface area contributed by atoms with Crippen LogP contribution in [0.1, 0.15) is 36.4 Å². The number of rotatable bonds is 4. The van der Waals surface area contributed by atoms with Gasteiger partial charge in [0, 0.05) is 11.3 Å². The maximum Gasteiger partial charge on any atom is 0.109 e. The van der Waals surface area contributed by atoms with Crippen LogP contribution in [-0.4, -0.2) is 21.6 Å². The van der Waals surface area contributed by atoms with Gasteiger partial charge in [0.1, 0.15) is 6.67 Å². The number of hydrogen-bond acceptors (Lipinski definition) is 2. The smallest absolute Gasteiger partial charge is 0.109 e. The molecule has 0 aromatic carbocycles. The molecule has 0 aliphatic carbocycles. The molecule has 0 saturated carbocycles. The van der Waals surface area contributed by atoms with Gasteiger partial charge in [-0.2, -0.15) is 5.10 Å². The third-order valence-electron chi connectivity index (χ3n) is 2.45. The van der Waals surface area contributed by atoms with Crippen molar-refractivity contribution in [2.24, 2.45) is 0 Å². The zero-order valence-corrected chi connectivity index (χ0v) is 8.92. The summed E-state index contributed by atoms with van der Waals surface area (Å²) in [6.45, 7) is 5.46. The summed E-state index contributed by atoms with van der Waals surface area (Å²) in [4.78, 5) is 0.